The Balaban J connectivity index is 0.000000310. The molecule has 0 aromatic rings. The van der Waals surface area contributed by atoms with Crippen LogP contribution in [0.4, 0.5) is 0 Å². The van der Waals surface area contributed by atoms with E-state index in [1.165, 1.54) is 13.8 Å². The van der Waals surface area contributed by atoms with E-state index >= 15 is 0 Å². The number of hydrogen-bond donors (Lipinski definition) is 0. The van der Waals surface area contributed by atoms with Crippen LogP contribution in [0.25, 0.3) is 0 Å². The summed E-state index contributed by atoms with van der Waals surface area (Å²) in [4.78, 5) is 9.44. The molecule has 0 fully saturated rings. The molecule has 0 aromatic carbocycles. The number of methoxy groups -OCH3 is 1. The van der Waals surface area contributed by atoms with Gasteiger partial charge in [0.1, 0.15) is 10.3 Å². The van der Waals surface area contributed by atoms with Crippen LogP contribution in [0, 0.1) is 0 Å². The van der Waals surface area contributed by atoms with E-state index in [1.807, 2.05) is 18.2 Å². The van der Waals surface area contributed by atoms with E-state index < -0.39 is 0 Å². The monoisotopic (exact) mass is 246 g/mol. The van der Waals surface area contributed by atoms with Crippen molar-refractivity contribution in [2.45, 2.75) is 24.8 Å². The quantitative estimate of drug-likeness (QED) is 0.666. The summed E-state index contributed by atoms with van der Waals surface area (Å²) < 4.78 is 4.92. The number of Topliss-reactive ketones (excluding diaryl/α,β-unsaturated/α-hetero) is 1. The van der Waals surface area contributed by atoms with Crippen molar-refractivity contribution in [3.05, 3.63) is 24.3 Å². The molecule has 0 spiro atoms. The minimum absolute atomic E-state index is 0.167. The van der Waals surface area contributed by atoms with Crippen LogP contribution in [-0.4, -0.2) is 17.4 Å². The Bertz CT molecular complexity index is 217. The lowest BCUT2D eigenvalue weighted by atomic mass is 10.1. The standard InChI is InChI=1S/C7H9BrO.C3H6O/c1-9-7(8)5-3-2-4-6-7;1-3(2)4/h2-5H,6H2,1H3;1-2H3. The molecule has 13 heavy (non-hydrogen) atoms. The summed E-state index contributed by atoms with van der Waals surface area (Å²) in [6.45, 7) is 3.06. The van der Waals surface area contributed by atoms with Gasteiger partial charge in [0.15, 0.2) is 0 Å². The van der Waals surface area contributed by atoms with Gasteiger partial charge in [0, 0.05) is 13.5 Å². The van der Waals surface area contributed by atoms with Gasteiger partial charge in [-0.1, -0.05) is 18.2 Å². The fourth-order valence-corrected chi connectivity index (χ4v) is 1.07. The third-order valence-electron chi connectivity index (χ3n) is 1.33. The second kappa shape index (κ2) is 6.11. The summed E-state index contributed by atoms with van der Waals surface area (Å²) in [5, 5.41) is 0. The number of carbonyl (C=O) groups is 1. The summed E-state index contributed by atoms with van der Waals surface area (Å²) in [6.07, 6.45) is 8.95. The van der Waals surface area contributed by atoms with E-state index in [4.69, 9.17) is 4.74 Å². The lowest BCUT2D eigenvalue weighted by Gasteiger charge is -2.21. The van der Waals surface area contributed by atoms with Crippen LogP contribution in [-0.2, 0) is 9.53 Å². The minimum atomic E-state index is -0.234. The van der Waals surface area contributed by atoms with E-state index in [0.29, 0.717) is 0 Å². The van der Waals surface area contributed by atoms with Crippen LogP contribution in [0.2, 0.25) is 0 Å². The molecule has 0 saturated heterocycles. The molecular weight excluding hydrogens is 232 g/mol. The van der Waals surface area contributed by atoms with Gasteiger partial charge in [-0.15, -0.1) is 0 Å². The van der Waals surface area contributed by atoms with Crippen molar-refractivity contribution in [3.63, 3.8) is 0 Å². The minimum Gasteiger partial charge on any atom is -0.363 e. The van der Waals surface area contributed by atoms with Crippen molar-refractivity contribution in [3.8, 4) is 0 Å². The number of hydrogen-bond acceptors (Lipinski definition) is 2. The Morgan fingerprint density at radius 1 is 1.46 bits per heavy atom. The third kappa shape index (κ3) is 6.72. The maximum atomic E-state index is 9.44. The highest BCUT2D eigenvalue weighted by Gasteiger charge is 2.21. The Hall–Kier alpha value is -0.410. The van der Waals surface area contributed by atoms with E-state index in [-0.39, 0.29) is 10.3 Å². The molecule has 1 atom stereocenters. The van der Waals surface area contributed by atoms with Crippen LogP contribution in [0.15, 0.2) is 24.3 Å². The van der Waals surface area contributed by atoms with Crippen molar-refractivity contribution in [1.82, 2.24) is 0 Å². The summed E-state index contributed by atoms with van der Waals surface area (Å²) in [5.41, 5.74) is 0. The average molecular weight is 247 g/mol. The van der Waals surface area contributed by atoms with Crippen molar-refractivity contribution < 1.29 is 9.53 Å². The fourth-order valence-electron chi connectivity index (χ4n) is 0.726. The van der Waals surface area contributed by atoms with Crippen LogP contribution < -0.4 is 0 Å². The summed E-state index contributed by atoms with van der Waals surface area (Å²) in [6, 6.07) is 0. The molecule has 0 bridgehead atoms. The molecule has 0 saturated carbocycles. The molecular formula is C10H15BrO2. The summed E-state index contributed by atoms with van der Waals surface area (Å²) >= 11 is 3.43. The molecule has 0 amide bonds. The zero-order valence-electron chi connectivity index (χ0n) is 8.21. The number of carbonyl (C=O) groups excluding carboxylic acids is 1. The summed E-state index contributed by atoms with van der Waals surface area (Å²) in [5.74, 6) is 0.167. The van der Waals surface area contributed by atoms with Gasteiger partial charge >= 0.3 is 0 Å². The molecule has 0 radical (unpaired) electrons. The normalized spacial score (nSPS) is 24.9. The van der Waals surface area contributed by atoms with Crippen LogP contribution in [0.1, 0.15) is 20.3 Å². The van der Waals surface area contributed by atoms with Gasteiger partial charge in [-0.25, -0.2) is 0 Å². The predicted octanol–water partition coefficient (Wildman–Crippen LogP) is 2.84. The van der Waals surface area contributed by atoms with Crippen LogP contribution >= 0.6 is 15.9 Å². The summed E-state index contributed by atoms with van der Waals surface area (Å²) in [7, 11) is 1.69. The highest BCUT2D eigenvalue weighted by atomic mass is 79.9. The zero-order chi connectivity index (χ0) is 10.3. The largest absolute Gasteiger partial charge is 0.363 e. The van der Waals surface area contributed by atoms with Gasteiger partial charge < -0.3 is 9.53 Å². The van der Waals surface area contributed by atoms with E-state index in [1.54, 1.807) is 7.11 Å². The lowest BCUT2D eigenvalue weighted by Crippen LogP contribution is -2.19. The van der Waals surface area contributed by atoms with Gasteiger partial charge in [0.05, 0.1) is 0 Å². The number of rotatable bonds is 1. The van der Waals surface area contributed by atoms with Gasteiger partial charge in [-0.3, -0.25) is 0 Å². The fraction of sp³-hybridized carbons (Fsp3) is 0.500. The first-order valence-corrected chi connectivity index (χ1v) is 4.85. The predicted molar refractivity (Wildman–Crippen MR) is 57.9 cm³/mol. The smallest absolute Gasteiger partial charge is 0.144 e. The van der Waals surface area contributed by atoms with E-state index in [0.717, 1.165) is 6.42 Å². The Kier molecular flexibility index (Phi) is 5.91. The number of ketones is 1. The van der Waals surface area contributed by atoms with Gasteiger partial charge in [0.25, 0.3) is 0 Å². The second-order valence-corrected chi connectivity index (χ2v) is 4.23. The number of allylic oxidation sites excluding steroid dienone is 2. The number of ether oxygens (including phenoxy) is 1. The highest BCUT2D eigenvalue weighted by molar-refractivity contribution is 9.10. The number of alkyl halides is 1. The molecule has 0 aromatic heterocycles. The molecule has 74 valence electrons. The molecule has 1 aliphatic rings. The molecule has 3 heteroatoms. The Labute approximate surface area is 87.8 Å². The van der Waals surface area contributed by atoms with Crippen LogP contribution in [0.5, 0.6) is 0 Å². The first kappa shape index (κ1) is 12.6. The van der Waals surface area contributed by atoms with E-state index in [9.17, 15) is 4.79 Å². The van der Waals surface area contributed by atoms with Gasteiger partial charge in [-0.2, -0.15) is 0 Å². The van der Waals surface area contributed by atoms with Crippen molar-refractivity contribution in [2.24, 2.45) is 0 Å². The topological polar surface area (TPSA) is 26.3 Å². The van der Waals surface area contributed by atoms with Gasteiger partial charge in [0.2, 0.25) is 0 Å². The van der Waals surface area contributed by atoms with E-state index in [2.05, 4.69) is 22.0 Å². The Morgan fingerprint density at radius 3 is 2.23 bits per heavy atom. The molecule has 1 rings (SSSR count). The molecule has 0 N–H and O–H groups in total. The molecule has 1 aliphatic carbocycles. The zero-order valence-corrected chi connectivity index (χ0v) is 9.80. The maximum Gasteiger partial charge on any atom is 0.144 e. The Morgan fingerprint density at radius 2 is 2.00 bits per heavy atom. The second-order valence-electron chi connectivity index (χ2n) is 2.89. The average Bonchev–Trinajstić information content (AvgIpc) is 2.05. The maximum absolute atomic E-state index is 9.44. The highest BCUT2D eigenvalue weighted by Crippen LogP contribution is 2.27. The van der Waals surface area contributed by atoms with Crippen LogP contribution in [0.3, 0.4) is 0 Å². The van der Waals surface area contributed by atoms with Crippen molar-refractivity contribution in [1.29, 1.82) is 0 Å². The number of halogens is 1. The van der Waals surface area contributed by atoms with Crippen molar-refractivity contribution >= 4 is 21.7 Å². The van der Waals surface area contributed by atoms with Gasteiger partial charge in [-0.05, 0) is 35.9 Å². The lowest BCUT2D eigenvalue weighted by molar-refractivity contribution is -0.114. The first-order chi connectivity index (χ1) is 6.00. The third-order valence-corrected chi connectivity index (χ3v) is 2.24. The molecule has 0 heterocycles. The molecule has 1 unspecified atom stereocenters. The van der Waals surface area contributed by atoms with Crippen molar-refractivity contribution in [2.75, 3.05) is 7.11 Å². The molecule has 2 nitrogen and oxygen atoms in total. The first-order valence-electron chi connectivity index (χ1n) is 4.06. The SMILES string of the molecule is CC(C)=O.COC1(Br)C=CC=CC1. The molecule has 0 aliphatic heterocycles.